The van der Waals surface area contributed by atoms with Crippen LogP contribution >= 0.6 is 15.9 Å². The highest BCUT2D eigenvalue weighted by Crippen LogP contribution is 2.23. The van der Waals surface area contributed by atoms with Crippen LogP contribution in [0.5, 0.6) is 0 Å². The maximum atomic E-state index is 11.1. The van der Waals surface area contributed by atoms with Crippen LogP contribution in [0.3, 0.4) is 0 Å². The Hall–Kier alpha value is -2.42. The van der Waals surface area contributed by atoms with Crippen LogP contribution in [-0.4, -0.2) is 52.5 Å². The van der Waals surface area contributed by atoms with Gasteiger partial charge in [-0.25, -0.2) is 0 Å². The van der Waals surface area contributed by atoms with Crippen molar-refractivity contribution in [3.05, 3.63) is 24.8 Å². The topological polar surface area (TPSA) is 144 Å². The van der Waals surface area contributed by atoms with Gasteiger partial charge in [0.05, 0.1) is 39.9 Å². The van der Waals surface area contributed by atoms with Crippen LogP contribution in [-0.2, 0) is 33.4 Å². The zero-order valence-corrected chi connectivity index (χ0v) is 18.8. The molecule has 0 aromatic heterocycles. The summed E-state index contributed by atoms with van der Waals surface area (Å²) >= 11 is 3.09. The molecule has 0 atom stereocenters. The Labute approximate surface area is 181 Å². The molecule has 0 saturated heterocycles. The van der Waals surface area contributed by atoms with Crippen LogP contribution in [0.25, 0.3) is 0 Å². The van der Waals surface area contributed by atoms with E-state index in [1.165, 1.54) is 26.4 Å². The fourth-order valence-corrected chi connectivity index (χ4v) is 1.23. The number of hydrogen-bond donors (Lipinski definition) is 0. The van der Waals surface area contributed by atoms with Crippen LogP contribution in [0, 0.1) is 22.7 Å². The molecule has 0 radical (unpaired) electrons. The third kappa shape index (κ3) is 27.8. The van der Waals surface area contributed by atoms with Gasteiger partial charge in [-0.15, -0.1) is 0 Å². The molecule has 0 fully saturated rings. The smallest absolute Gasteiger partial charge is 0.469 e. The highest BCUT2D eigenvalue weighted by Gasteiger charge is 2.46. The number of hydrogen-bond acceptors (Lipinski definition) is 9. The lowest BCUT2D eigenvalue weighted by Crippen LogP contribution is -2.23. The van der Waals surface area contributed by atoms with Crippen LogP contribution < -0.4 is 0 Å². The molecule has 0 aromatic carbocycles. The molecule has 0 unspecified atom stereocenters. The van der Waals surface area contributed by atoms with Gasteiger partial charge in [-0.05, 0) is 6.42 Å². The molecule has 30 heavy (non-hydrogen) atoms. The molecular formula is C16H22BrF3N2O7S. The highest BCUT2D eigenvalue weighted by atomic mass is 79.9. The van der Waals surface area contributed by atoms with Crippen molar-refractivity contribution >= 4 is 38.0 Å². The lowest BCUT2D eigenvalue weighted by atomic mass is 10.3. The minimum atomic E-state index is -5.34. The summed E-state index contributed by atoms with van der Waals surface area (Å²) in [6.45, 7) is 3.12. The van der Waals surface area contributed by atoms with Gasteiger partial charge in [0.25, 0.3) is 0 Å². The molecule has 14 heteroatoms. The quantitative estimate of drug-likeness (QED) is 0.169. The van der Waals surface area contributed by atoms with Gasteiger partial charge in [0.2, 0.25) is 0 Å². The summed E-state index contributed by atoms with van der Waals surface area (Å²) in [6, 6.07) is 3.52. The second kappa shape index (κ2) is 22.9. The molecule has 0 aliphatic heterocycles. The van der Waals surface area contributed by atoms with Crippen LogP contribution in [0.1, 0.15) is 19.3 Å². The second-order valence-corrected chi connectivity index (χ2v) is 6.56. The fraction of sp³-hybridized carbons (Fsp3) is 0.500. The first-order valence-corrected chi connectivity index (χ1v) is 9.99. The van der Waals surface area contributed by atoms with E-state index in [2.05, 4.69) is 36.2 Å². The number of nitrogens with zero attached hydrogens (tertiary/aromatic N) is 2. The summed E-state index contributed by atoms with van der Waals surface area (Å²) in [5.41, 5.74) is -5.30. The van der Waals surface area contributed by atoms with Crippen LogP contribution in [0.4, 0.5) is 13.2 Å². The Balaban J connectivity index is -0.000000157. The molecule has 0 aromatic rings. The second-order valence-electron chi connectivity index (χ2n) is 4.06. The molecule has 0 aliphatic rings. The summed E-state index contributed by atoms with van der Waals surface area (Å²) in [6.07, 6.45) is 5.53. The average molecular weight is 523 g/mol. The Bertz CT molecular complexity index is 697. The lowest BCUT2D eigenvalue weighted by molar-refractivity contribution is -0.141. The average Bonchev–Trinajstić information content (AvgIpc) is 2.71. The summed E-state index contributed by atoms with van der Waals surface area (Å²) in [4.78, 5) is 20.6. The number of alkyl halides is 4. The molecule has 0 bridgehead atoms. The number of rotatable bonds is 6. The number of methoxy groups -OCH3 is 2. The lowest BCUT2D eigenvalue weighted by Gasteiger charge is -2.02. The molecule has 9 nitrogen and oxygen atoms in total. The highest BCUT2D eigenvalue weighted by molar-refractivity contribution is 9.09. The van der Waals surface area contributed by atoms with Crippen molar-refractivity contribution in [2.24, 2.45) is 0 Å². The van der Waals surface area contributed by atoms with Gasteiger partial charge in [-0.3, -0.25) is 13.8 Å². The summed E-state index contributed by atoms with van der Waals surface area (Å²) in [5, 5.41) is 16.2. The van der Waals surface area contributed by atoms with Crippen molar-refractivity contribution in [2.45, 2.75) is 24.8 Å². The maximum Gasteiger partial charge on any atom is 0.523 e. The molecule has 0 amide bonds. The molecule has 0 aliphatic carbocycles. The summed E-state index contributed by atoms with van der Waals surface area (Å²) < 4.78 is 64.6. The molecule has 0 N–H and O–H groups in total. The molecule has 0 heterocycles. The Morgan fingerprint density at radius 2 is 1.50 bits per heavy atom. The molecule has 0 saturated carbocycles. The van der Waals surface area contributed by atoms with Crippen molar-refractivity contribution < 1.29 is 44.8 Å². The van der Waals surface area contributed by atoms with E-state index in [9.17, 15) is 31.2 Å². The SMILES string of the molecule is C=CC#N.COC(=O)CC/C=C/C#N.COC(=O)CCBr.COS(=O)(=O)C(F)(F)F. The van der Waals surface area contributed by atoms with Crippen molar-refractivity contribution in [1.29, 1.82) is 10.5 Å². The minimum absolute atomic E-state index is 0.170. The van der Waals surface area contributed by atoms with Gasteiger partial charge in [0.15, 0.2) is 0 Å². The van der Waals surface area contributed by atoms with Gasteiger partial charge in [0, 0.05) is 23.9 Å². The van der Waals surface area contributed by atoms with E-state index in [0.717, 1.165) is 0 Å². The van der Waals surface area contributed by atoms with E-state index in [-0.39, 0.29) is 11.9 Å². The molecule has 172 valence electrons. The number of halogens is 4. The largest absolute Gasteiger partial charge is 0.523 e. The normalized spacial score (nSPS) is 9.63. The predicted octanol–water partition coefficient (Wildman–Crippen LogP) is 3.14. The van der Waals surface area contributed by atoms with Gasteiger partial charge < -0.3 is 9.47 Å². The standard InChI is InChI=1S/C7H9NO2.C4H7BrO2.C3H3N.C2H3F3O3S/c1-10-7(9)5-3-2-4-6-8;1-7-4(6)2-3-5;1-2-3-4;1-8-9(6,7)2(3,4)5/h2,4H,3,5H2,1H3;2-3H2,1H3;2H,1H2;1H3/b4-2+;;;. The summed E-state index contributed by atoms with van der Waals surface area (Å²) in [7, 11) is -2.16. The number of carbonyl (C=O) groups excluding carboxylic acids is 2. The van der Waals surface area contributed by atoms with Gasteiger partial charge >= 0.3 is 27.6 Å². The third-order valence-corrected chi connectivity index (χ3v) is 3.46. The molecular weight excluding hydrogens is 501 g/mol. The van der Waals surface area contributed by atoms with E-state index >= 15 is 0 Å². The maximum absolute atomic E-state index is 11.1. The number of carbonyl (C=O) groups is 2. The van der Waals surface area contributed by atoms with Crippen molar-refractivity contribution in [3.63, 3.8) is 0 Å². The first-order chi connectivity index (χ1) is 13.8. The summed E-state index contributed by atoms with van der Waals surface area (Å²) in [5.74, 6) is -0.417. The fourth-order valence-electron chi connectivity index (χ4n) is 0.713. The van der Waals surface area contributed by atoms with E-state index in [0.29, 0.717) is 31.7 Å². The molecule has 0 spiro atoms. The van der Waals surface area contributed by atoms with E-state index < -0.39 is 15.6 Å². The first-order valence-electron chi connectivity index (χ1n) is 7.46. The predicted molar refractivity (Wildman–Crippen MR) is 104 cm³/mol. The zero-order chi connectivity index (χ0) is 24.6. The number of nitriles is 2. The Morgan fingerprint density at radius 3 is 1.70 bits per heavy atom. The van der Waals surface area contributed by atoms with Gasteiger partial charge in [-0.2, -0.15) is 32.1 Å². The Kier molecular flexibility index (Phi) is 26.7. The van der Waals surface area contributed by atoms with Gasteiger partial charge in [-0.1, -0.05) is 28.6 Å². The van der Waals surface area contributed by atoms with Crippen molar-refractivity contribution in [3.8, 4) is 12.1 Å². The molecule has 0 rings (SSSR count). The number of ether oxygens (including phenoxy) is 2. The number of esters is 2. The number of allylic oxidation sites excluding steroid dienone is 3. The monoisotopic (exact) mass is 522 g/mol. The van der Waals surface area contributed by atoms with E-state index in [1.807, 2.05) is 6.07 Å². The van der Waals surface area contributed by atoms with E-state index in [4.69, 9.17) is 10.5 Å². The van der Waals surface area contributed by atoms with E-state index in [1.54, 1.807) is 12.1 Å². The van der Waals surface area contributed by atoms with Gasteiger partial charge in [0.1, 0.15) is 0 Å². The Morgan fingerprint density at radius 1 is 1.07 bits per heavy atom. The first kappa shape index (κ1) is 35.0. The third-order valence-electron chi connectivity index (χ3n) is 2.06. The minimum Gasteiger partial charge on any atom is -0.469 e. The van der Waals surface area contributed by atoms with Crippen molar-refractivity contribution in [1.82, 2.24) is 0 Å². The van der Waals surface area contributed by atoms with Crippen LogP contribution in [0.2, 0.25) is 0 Å². The van der Waals surface area contributed by atoms with Crippen molar-refractivity contribution in [2.75, 3.05) is 26.7 Å². The van der Waals surface area contributed by atoms with Crippen LogP contribution in [0.15, 0.2) is 24.8 Å². The zero-order valence-electron chi connectivity index (χ0n) is 16.4.